The topological polar surface area (TPSA) is 64.4 Å². The molecule has 5 nitrogen and oxygen atoms in total. The van der Waals surface area contributed by atoms with Crippen LogP contribution in [-0.2, 0) is 4.74 Å². The number of hydrogen-bond donors (Lipinski definition) is 1. The summed E-state index contributed by atoms with van der Waals surface area (Å²) in [6, 6.07) is 6.94. The second kappa shape index (κ2) is 4.49. The predicted molar refractivity (Wildman–Crippen MR) is 60.5 cm³/mol. The standard InChI is InChI=1S/C11H14N2O3/c1-16-11-6-9(7-11)12-8-3-2-4-10(5-8)13(14)15/h2-5,9,11-12H,6-7H2,1H3. The van der Waals surface area contributed by atoms with Crippen LogP contribution in [0.3, 0.4) is 0 Å². The van der Waals surface area contributed by atoms with Crippen molar-refractivity contribution >= 4 is 11.4 Å². The molecule has 1 aromatic rings. The second-order valence-corrected chi connectivity index (χ2v) is 3.98. The van der Waals surface area contributed by atoms with Crippen molar-refractivity contribution in [1.29, 1.82) is 0 Å². The van der Waals surface area contributed by atoms with Crippen molar-refractivity contribution in [1.82, 2.24) is 0 Å². The van der Waals surface area contributed by atoms with Gasteiger partial charge in [-0.3, -0.25) is 10.1 Å². The maximum Gasteiger partial charge on any atom is 0.271 e. The van der Waals surface area contributed by atoms with Gasteiger partial charge in [-0.05, 0) is 18.9 Å². The number of nitro groups is 1. The van der Waals surface area contributed by atoms with Crippen molar-refractivity contribution in [3.63, 3.8) is 0 Å². The van der Waals surface area contributed by atoms with E-state index in [4.69, 9.17) is 4.74 Å². The van der Waals surface area contributed by atoms with E-state index < -0.39 is 0 Å². The lowest BCUT2D eigenvalue weighted by atomic mass is 9.89. The molecule has 0 atom stereocenters. The van der Waals surface area contributed by atoms with Gasteiger partial charge in [0.1, 0.15) is 0 Å². The summed E-state index contributed by atoms with van der Waals surface area (Å²) in [5.74, 6) is 0. The second-order valence-electron chi connectivity index (χ2n) is 3.98. The van der Waals surface area contributed by atoms with E-state index in [0.717, 1.165) is 18.5 Å². The number of anilines is 1. The number of methoxy groups -OCH3 is 1. The van der Waals surface area contributed by atoms with Gasteiger partial charge in [-0.25, -0.2) is 0 Å². The van der Waals surface area contributed by atoms with Crippen LogP contribution in [-0.4, -0.2) is 24.2 Å². The maximum absolute atomic E-state index is 10.6. The first-order valence-electron chi connectivity index (χ1n) is 5.23. The van der Waals surface area contributed by atoms with Gasteiger partial charge >= 0.3 is 0 Å². The molecule has 16 heavy (non-hydrogen) atoms. The SMILES string of the molecule is COC1CC(Nc2cccc([N+](=O)[O-])c2)C1. The van der Waals surface area contributed by atoms with Gasteiger partial charge in [-0.15, -0.1) is 0 Å². The van der Waals surface area contributed by atoms with E-state index in [1.807, 2.05) is 6.07 Å². The molecule has 0 aromatic heterocycles. The third kappa shape index (κ3) is 2.30. The summed E-state index contributed by atoms with van der Waals surface area (Å²) in [6.45, 7) is 0. The van der Waals surface area contributed by atoms with Gasteiger partial charge in [0, 0.05) is 31.0 Å². The molecule has 0 radical (unpaired) electrons. The van der Waals surface area contributed by atoms with Crippen molar-refractivity contribution in [3.8, 4) is 0 Å². The third-order valence-corrected chi connectivity index (χ3v) is 2.86. The van der Waals surface area contributed by atoms with E-state index >= 15 is 0 Å². The fourth-order valence-corrected chi connectivity index (χ4v) is 1.82. The van der Waals surface area contributed by atoms with Crippen LogP contribution in [0, 0.1) is 10.1 Å². The van der Waals surface area contributed by atoms with E-state index in [2.05, 4.69) is 5.32 Å². The van der Waals surface area contributed by atoms with Crippen LogP contribution in [0.4, 0.5) is 11.4 Å². The Kier molecular flexibility index (Phi) is 3.05. The van der Waals surface area contributed by atoms with Gasteiger partial charge < -0.3 is 10.1 Å². The Labute approximate surface area is 93.6 Å². The largest absolute Gasteiger partial charge is 0.382 e. The van der Waals surface area contributed by atoms with Gasteiger partial charge in [0.25, 0.3) is 5.69 Å². The fourth-order valence-electron chi connectivity index (χ4n) is 1.82. The minimum atomic E-state index is -0.385. The molecule has 1 aliphatic carbocycles. The Bertz CT molecular complexity index is 389. The summed E-state index contributed by atoms with van der Waals surface area (Å²) in [5.41, 5.74) is 0.918. The van der Waals surface area contributed by atoms with E-state index in [1.165, 1.54) is 6.07 Å². The minimum Gasteiger partial charge on any atom is -0.382 e. The number of benzene rings is 1. The van der Waals surface area contributed by atoms with Gasteiger partial charge in [0.05, 0.1) is 11.0 Å². The number of rotatable bonds is 4. The smallest absolute Gasteiger partial charge is 0.271 e. The van der Waals surface area contributed by atoms with Crippen LogP contribution in [0.2, 0.25) is 0 Å². The molecule has 0 amide bonds. The summed E-state index contributed by atoms with van der Waals surface area (Å²) in [5, 5.41) is 13.8. The quantitative estimate of drug-likeness (QED) is 0.626. The van der Waals surface area contributed by atoms with E-state index in [-0.39, 0.29) is 10.6 Å². The Morgan fingerprint density at radius 2 is 2.25 bits per heavy atom. The highest BCUT2D eigenvalue weighted by Crippen LogP contribution is 2.27. The van der Waals surface area contributed by atoms with Crippen LogP contribution < -0.4 is 5.32 Å². The minimum absolute atomic E-state index is 0.118. The molecule has 0 unspecified atom stereocenters. The number of non-ortho nitro benzene ring substituents is 1. The van der Waals surface area contributed by atoms with Crippen molar-refractivity contribution in [3.05, 3.63) is 34.4 Å². The summed E-state index contributed by atoms with van der Waals surface area (Å²) < 4.78 is 5.17. The molecule has 1 saturated carbocycles. The molecule has 86 valence electrons. The highest BCUT2D eigenvalue weighted by molar-refractivity contribution is 5.51. The van der Waals surface area contributed by atoms with Crippen LogP contribution in [0.25, 0.3) is 0 Å². The predicted octanol–water partition coefficient (Wildman–Crippen LogP) is 2.18. The molecular weight excluding hydrogens is 208 g/mol. The first-order valence-corrected chi connectivity index (χ1v) is 5.23. The van der Waals surface area contributed by atoms with Gasteiger partial charge in [-0.2, -0.15) is 0 Å². The van der Waals surface area contributed by atoms with Crippen LogP contribution in [0.1, 0.15) is 12.8 Å². The molecule has 0 aliphatic heterocycles. The molecule has 1 aliphatic rings. The average molecular weight is 222 g/mol. The van der Waals surface area contributed by atoms with Crippen molar-refractivity contribution in [2.24, 2.45) is 0 Å². The molecule has 1 N–H and O–H groups in total. The number of nitro benzene ring substituents is 1. The number of nitrogens with one attached hydrogen (secondary N) is 1. The summed E-state index contributed by atoms with van der Waals surface area (Å²) in [7, 11) is 1.70. The molecule has 0 bridgehead atoms. The highest BCUT2D eigenvalue weighted by Gasteiger charge is 2.28. The number of ether oxygens (including phenoxy) is 1. The zero-order chi connectivity index (χ0) is 11.5. The molecule has 5 heteroatoms. The van der Waals surface area contributed by atoms with Gasteiger partial charge in [-0.1, -0.05) is 6.07 Å². The molecule has 1 fully saturated rings. The van der Waals surface area contributed by atoms with Gasteiger partial charge in [0.15, 0.2) is 0 Å². The summed E-state index contributed by atoms with van der Waals surface area (Å²) >= 11 is 0. The zero-order valence-corrected chi connectivity index (χ0v) is 9.05. The fraction of sp³-hybridized carbons (Fsp3) is 0.455. The van der Waals surface area contributed by atoms with Crippen LogP contribution in [0.15, 0.2) is 24.3 Å². The third-order valence-electron chi connectivity index (χ3n) is 2.86. The summed E-state index contributed by atoms with van der Waals surface area (Å²) in [4.78, 5) is 10.2. The average Bonchev–Trinajstić information content (AvgIpc) is 2.23. The van der Waals surface area contributed by atoms with Crippen LogP contribution >= 0.6 is 0 Å². The van der Waals surface area contributed by atoms with E-state index in [1.54, 1.807) is 19.2 Å². The molecule has 0 spiro atoms. The Hall–Kier alpha value is -1.62. The van der Waals surface area contributed by atoms with Crippen molar-refractivity contribution < 1.29 is 9.66 Å². The van der Waals surface area contributed by atoms with Crippen molar-refractivity contribution in [2.45, 2.75) is 25.0 Å². The zero-order valence-electron chi connectivity index (χ0n) is 9.05. The molecule has 1 aromatic carbocycles. The molecule has 0 heterocycles. The molecule has 2 rings (SSSR count). The lowest BCUT2D eigenvalue weighted by Crippen LogP contribution is -2.40. The van der Waals surface area contributed by atoms with Gasteiger partial charge in [0.2, 0.25) is 0 Å². The summed E-state index contributed by atoms with van der Waals surface area (Å²) in [6.07, 6.45) is 2.24. The lowest BCUT2D eigenvalue weighted by molar-refractivity contribution is -0.384. The van der Waals surface area contributed by atoms with E-state index in [0.29, 0.717) is 12.1 Å². The Morgan fingerprint density at radius 1 is 1.50 bits per heavy atom. The molecular formula is C11H14N2O3. The first-order chi connectivity index (χ1) is 7.69. The van der Waals surface area contributed by atoms with E-state index in [9.17, 15) is 10.1 Å². The first kappa shape index (κ1) is 10.9. The highest BCUT2D eigenvalue weighted by atomic mass is 16.6. The number of hydrogen-bond acceptors (Lipinski definition) is 4. The maximum atomic E-state index is 10.6. The monoisotopic (exact) mass is 222 g/mol. The normalized spacial score (nSPS) is 23.6. The molecule has 0 saturated heterocycles. The lowest BCUT2D eigenvalue weighted by Gasteiger charge is -2.35. The number of nitrogens with zero attached hydrogens (tertiary/aromatic N) is 1. The van der Waals surface area contributed by atoms with Crippen LogP contribution in [0.5, 0.6) is 0 Å². The van der Waals surface area contributed by atoms with Crippen molar-refractivity contribution in [2.75, 3.05) is 12.4 Å². The Morgan fingerprint density at radius 3 is 2.88 bits per heavy atom. The Balaban J connectivity index is 1.95.